The third-order valence-electron chi connectivity index (χ3n) is 4.26. The molecular formula is C18H11ClN2O3S. The highest BCUT2D eigenvalue weighted by atomic mass is 35.5. The topological polar surface area (TPSA) is 70.4 Å². The van der Waals surface area contributed by atoms with Gasteiger partial charge in [-0.25, -0.2) is 4.79 Å². The molecule has 5 nitrogen and oxygen atoms in total. The molecule has 0 bridgehead atoms. The summed E-state index contributed by atoms with van der Waals surface area (Å²) in [6.45, 7) is 0. The van der Waals surface area contributed by atoms with Gasteiger partial charge in [-0.05, 0) is 30.3 Å². The van der Waals surface area contributed by atoms with Crippen molar-refractivity contribution in [1.82, 2.24) is 0 Å². The lowest BCUT2D eigenvalue weighted by molar-refractivity contribution is -0.137. The summed E-state index contributed by atoms with van der Waals surface area (Å²) >= 11 is 7.44. The SMILES string of the molecule is N#Cc1ccc(OC(=O)C23CCC(=O)N2c2ccccc2S3)c(Cl)c1. The third-order valence-corrected chi connectivity index (χ3v) is 6.01. The van der Waals surface area contributed by atoms with Crippen LogP contribution in [0.1, 0.15) is 18.4 Å². The van der Waals surface area contributed by atoms with E-state index < -0.39 is 10.8 Å². The van der Waals surface area contributed by atoms with Crippen LogP contribution < -0.4 is 9.64 Å². The minimum Gasteiger partial charge on any atom is -0.423 e. The minimum absolute atomic E-state index is 0.0969. The number of nitriles is 1. The number of nitrogens with zero attached hydrogens (tertiary/aromatic N) is 2. The number of halogens is 1. The number of thioether (sulfide) groups is 1. The van der Waals surface area contributed by atoms with Crippen LogP contribution in [0.2, 0.25) is 5.02 Å². The van der Waals surface area contributed by atoms with Crippen molar-refractivity contribution in [3.63, 3.8) is 0 Å². The summed E-state index contributed by atoms with van der Waals surface area (Å²) in [6.07, 6.45) is 0.662. The molecule has 2 aliphatic heterocycles. The fourth-order valence-corrected chi connectivity index (χ4v) is 4.72. The lowest BCUT2D eigenvalue weighted by Crippen LogP contribution is -2.48. The van der Waals surface area contributed by atoms with Crippen molar-refractivity contribution in [3.05, 3.63) is 53.1 Å². The van der Waals surface area contributed by atoms with E-state index in [1.807, 2.05) is 30.3 Å². The maximum Gasteiger partial charge on any atom is 0.348 e. The van der Waals surface area contributed by atoms with Crippen LogP contribution in [0, 0.1) is 11.3 Å². The predicted octanol–water partition coefficient (Wildman–Crippen LogP) is 3.75. The van der Waals surface area contributed by atoms with Crippen molar-refractivity contribution in [3.8, 4) is 11.8 Å². The van der Waals surface area contributed by atoms with E-state index in [0.717, 1.165) is 10.6 Å². The fourth-order valence-electron chi connectivity index (χ4n) is 3.10. The van der Waals surface area contributed by atoms with Crippen molar-refractivity contribution < 1.29 is 14.3 Å². The average Bonchev–Trinajstić information content (AvgIpc) is 3.12. The Morgan fingerprint density at radius 1 is 1.32 bits per heavy atom. The number of hydrogen-bond acceptors (Lipinski definition) is 5. The molecule has 0 aromatic heterocycles. The molecule has 7 heteroatoms. The molecule has 4 rings (SSSR count). The number of carbonyl (C=O) groups excluding carboxylic acids is 2. The molecule has 124 valence electrons. The number of carbonyl (C=O) groups is 2. The monoisotopic (exact) mass is 370 g/mol. The molecule has 1 atom stereocenters. The Labute approximate surface area is 153 Å². The normalized spacial score (nSPS) is 20.8. The summed E-state index contributed by atoms with van der Waals surface area (Å²) < 4.78 is 5.52. The summed E-state index contributed by atoms with van der Waals surface area (Å²) in [5.74, 6) is -0.456. The van der Waals surface area contributed by atoms with Gasteiger partial charge < -0.3 is 4.74 Å². The van der Waals surface area contributed by atoms with E-state index in [-0.39, 0.29) is 23.1 Å². The molecule has 0 radical (unpaired) electrons. The van der Waals surface area contributed by atoms with Gasteiger partial charge in [0.15, 0.2) is 4.87 Å². The van der Waals surface area contributed by atoms with Crippen LogP contribution in [0.4, 0.5) is 5.69 Å². The van der Waals surface area contributed by atoms with E-state index in [1.165, 1.54) is 34.9 Å². The lowest BCUT2D eigenvalue weighted by atomic mass is 10.2. The van der Waals surface area contributed by atoms with Crippen LogP contribution in [0.5, 0.6) is 5.75 Å². The van der Waals surface area contributed by atoms with Crippen LogP contribution >= 0.6 is 23.4 Å². The van der Waals surface area contributed by atoms with Gasteiger partial charge in [0, 0.05) is 17.7 Å². The first kappa shape index (κ1) is 16.0. The summed E-state index contributed by atoms with van der Waals surface area (Å²) in [7, 11) is 0. The molecule has 0 spiro atoms. The average molecular weight is 371 g/mol. The number of para-hydroxylation sites is 1. The van der Waals surface area contributed by atoms with Crippen molar-refractivity contribution in [2.24, 2.45) is 0 Å². The van der Waals surface area contributed by atoms with E-state index in [4.69, 9.17) is 21.6 Å². The van der Waals surface area contributed by atoms with Gasteiger partial charge in [-0.15, -0.1) is 0 Å². The van der Waals surface area contributed by atoms with Gasteiger partial charge in [-0.2, -0.15) is 5.26 Å². The molecule has 1 unspecified atom stereocenters. The number of amides is 1. The summed E-state index contributed by atoms with van der Waals surface area (Å²) in [5, 5.41) is 9.08. The number of rotatable bonds is 2. The van der Waals surface area contributed by atoms with Crippen molar-refractivity contribution in [1.29, 1.82) is 5.26 Å². The molecule has 0 saturated carbocycles. The molecular weight excluding hydrogens is 360 g/mol. The highest BCUT2D eigenvalue weighted by Gasteiger charge is 2.58. The van der Waals surface area contributed by atoms with Crippen LogP contribution in [-0.4, -0.2) is 16.7 Å². The van der Waals surface area contributed by atoms with Crippen LogP contribution in [-0.2, 0) is 9.59 Å². The molecule has 2 heterocycles. The Morgan fingerprint density at radius 2 is 2.12 bits per heavy atom. The molecule has 2 aromatic rings. The third kappa shape index (κ3) is 2.39. The molecule has 0 aliphatic carbocycles. The number of benzene rings is 2. The van der Waals surface area contributed by atoms with Crippen LogP contribution in [0.15, 0.2) is 47.4 Å². The molecule has 2 aliphatic rings. The van der Waals surface area contributed by atoms with Gasteiger partial charge in [-0.1, -0.05) is 35.5 Å². The van der Waals surface area contributed by atoms with Gasteiger partial charge in [0.05, 0.1) is 22.3 Å². The van der Waals surface area contributed by atoms with E-state index >= 15 is 0 Å². The van der Waals surface area contributed by atoms with Gasteiger partial charge in [0.25, 0.3) is 0 Å². The molecule has 2 aromatic carbocycles. The fraction of sp³-hybridized carbons (Fsp3) is 0.167. The van der Waals surface area contributed by atoms with E-state index in [0.29, 0.717) is 12.0 Å². The van der Waals surface area contributed by atoms with Gasteiger partial charge in [0.1, 0.15) is 5.75 Å². The smallest absolute Gasteiger partial charge is 0.348 e. The second-order valence-electron chi connectivity index (χ2n) is 5.73. The number of hydrogen-bond donors (Lipinski definition) is 0. The van der Waals surface area contributed by atoms with Gasteiger partial charge in [0.2, 0.25) is 5.91 Å². The summed E-state index contributed by atoms with van der Waals surface area (Å²) in [5.41, 5.74) is 1.11. The molecule has 25 heavy (non-hydrogen) atoms. The Bertz CT molecular complexity index is 956. The molecule has 0 N–H and O–H groups in total. The zero-order chi connectivity index (χ0) is 17.6. The zero-order valence-corrected chi connectivity index (χ0v) is 14.4. The largest absolute Gasteiger partial charge is 0.423 e. The van der Waals surface area contributed by atoms with E-state index in [9.17, 15) is 9.59 Å². The first-order valence-corrected chi connectivity index (χ1v) is 8.78. The summed E-state index contributed by atoms with van der Waals surface area (Å²) in [6, 6.07) is 13.9. The second kappa shape index (κ2) is 5.80. The summed E-state index contributed by atoms with van der Waals surface area (Å²) in [4.78, 5) is 26.7. The van der Waals surface area contributed by atoms with E-state index in [1.54, 1.807) is 0 Å². The molecule has 1 amide bonds. The van der Waals surface area contributed by atoms with Crippen molar-refractivity contribution in [2.45, 2.75) is 22.6 Å². The van der Waals surface area contributed by atoms with Gasteiger partial charge in [-0.3, -0.25) is 9.69 Å². The Kier molecular flexibility index (Phi) is 3.71. The number of anilines is 1. The predicted molar refractivity (Wildman–Crippen MR) is 93.6 cm³/mol. The van der Waals surface area contributed by atoms with Crippen molar-refractivity contribution >= 4 is 40.9 Å². The quantitative estimate of drug-likeness (QED) is 0.594. The second-order valence-corrected chi connectivity index (χ2v) is 7.46. The molecule has 1 fully saturated rings. The van der Waals surface area contributed by atoms with Crippen LogP contribution in [0.3, 0.4) is 0 Å². The Hall–Kier alpha value is -2.49. The standard InChI is InChI=1S/C18H11ClN2O3S/c19-12-9-11(10-20)5-6-14(12)24-17(23)18-8-7-16(22)21(18)13-3-1-2-4-15(13)25-18/h1-6,9H,7-8H2. The number of esters is 1. The van der Waals surface area contributed by atoms with E-state index in [2.05, 4.69) is 0 Å². The molecule has 1 saturated heterocycles. The maximum absolute atomic E-state index is 13.0. The maximum atomic E-state index is 13.0. The first-order valence-electron chi connectivity index (χ1n) is 7.58. The van der Waals surface area contributed by atoms with Crippen LogP contribution in [0.25, 0.3) is 0 Å². The lowest BCUT2D eigenvalue weighted by Gasteiger charge is -2.28. The highest BCUT2D eigenvalue weighted by molar-refractivity contribution is 8.02. The van der Waals surface area contributed by atoms with Crippen molar-refractivity contribution in [2.75, 3.05) is 4.90 Å². The number of fused-ring (bicyclic) bond motifs is 3. The number of ether oxygens (including phenoxy) is 1. The minimum atomic E-state index is -1.10. The zero-order valence-electron chi connectivity index (χ0n) is 12.9. The first-order chi connectivity index (χ1) is 12.0. The Balaban J connectivity index is 1.68. The van der Waals surface area contributed by atoms with Gasteiger partial charge >= 0.3 is 5.97 Å². The Morgan fingerprint density at radius 3 is 2.88 bits per heavy atom. The highest BCUT2D eigenvalue weighted by Crippen LogP contribution is 2.56.